The summed E-state index contributed by atoms with van der Waals surface area (Å²) in [6.07, 6.45) is 0.870. The van der Waals surface area contributed by atoms with Gasteiger partial charge in [-0.15, -0.1) is 0 Å². The van der Waals surface area contributed by atoms with Gasteiger partial charge in [0.2, 0.25) is 0 Å². The number of para-hydroxylation sites is 1. The molecule has 1 N–H and O–H groups in total. The fourth-order valence-corrected chi connectivity index (χ4v) is 1.94. The molecule has 0 heterocycles. The molecule has 0 unspecified atom stereocenters. The van der Waals surface area contributed by atoms with Gasteiger partial charge in [-0.2, -0.15) is 11.8 Å². The Hall–Kier alpha value is -0.670. The van der Waals surface area contributed by atoms with Crippen LogP contribution in [0.1, 0.15) is 12.0 Å². The van der Waals surface area contributed by atoms with Gasteiger partial charge in [-0.05, 0) is 30.7 Å². The van der Waals surface area contributed by atoms with Crippen molar-refractivity contribution in [2.24, 2.45) is 0 Å². The number of aliphatic hydroxyl groups excluding tert-OH is 1. The first kappa shape index (κ1) is 12.4. The molecule has 0 atom stereocenters. The molecule has 3 heteroatoms. The van der Waals surface area contributed by atoms with Crippen LogP contribution in [0.3, 0.4) is 0 Å². The number of ether oxygens (including phenoxy) is 1. The predicted molar refractivity (Wildman–Crippen MR) is 65.7 cm³/mol. The highest BCUT2D eigenvalue weighted by Crippen LogP contribution is 2.16. The van der Waals surface area contributed by atoms with Crippen molar-refractivity contribution < 1.29 is 9.84 Å². The number of aryl methyl sites for hydroxylation is 1. The number of benzene rings is 1. The van der Waals surface area contributed by atoms with Gasteiger partial charge in [-0.25, -0.2) is 0 Å². The second kappa shape index (κ2) is 7.60. The highest BCUT2D eigenvalue weighted by molar-refractivity contribution is 7.99. The lowest BCUT2D eigenvalue weighted by molar-refractivity contribution is 0.296. The lowest BCUT2D eigenvalue weighted by Crippen LogP contribution is -2.02. The van der Waals surface area contributed by atoms with Crippen LogP contribution < -0.4 is 4.74 Å². The first-order valence-electron chi connectivity index (χ1n) is 5.21. The number of hydrogen-bond acceptors (Lipinski definition) is 3. The van der Waals surface area contributed by atoms with Crippen molar-refractivity contribution in [1.82, 2.24) is 0 Å². The van der Waals surface area contributed by atoms with E-state index in [1.807, 2.05) is 43.0 Å². The molecular weight excluding hydrogens is 208 g/mol. The van der Waals surface area contributed by atoms with Gasteiger partial charge in [0.25, 0.3) is 0 Å². The van der Waals surface area contributed by atoms with Crippen LogP contribution in [-0.4, -0.2) is 29.8 Å². The maximum atomic E-state index is 8.59. The standard InChI is InChI=1S/C12H18O2S/c1-11-5-2-3-6-12(11)14-8-10-15-9-4-7-13/h2-3,5-6,13H,4,7-10H2,1H3. The van der Waals surface area contributed by atoms with Crippen LogP contribution >= 0.6 is 11.8 Å². The highest BCUT2D eigenvalue weighted by atomic mass is 32.2. The third kappa shape index (κ3) is 5.09. The molecular formula is C12H18O2S. The molecule has 0 radical (unpaired) electrons. The van der Waals surface area contributed by atoms with Crippen molar-refractivity contribution in [2.75, 3.05) is 24.7 Å². The lowest BCUT2D eigenvalue weighted by atomic mass is 10.2. The number of thioether (sulfide) groups is 1. The first-order valence-corrected chi connectivity index (χ1v) is 6.37. The van der Waals surface area contributed by atoms with E-state index in [0.29, 0.717) is 0 Å². The van der Waals surface area contributed by atoms with E-state index in [0.717, 1.165) is 30.3 Å². The molecule has 1 rings (SSSR count). The topological polar surface area (TPSA) is 29.5 Å². The van der Waals surface area contributed by atoms with Crippen molar-refractivity contribution >= 4 is 11.8 Å². The van der Waals surface area contributed by atoms with Crippen LogP contribution in [-0.2, 0) is 0 Å². The Morgan fingerprint density at radius 2 is 2.07 bits per heavy atom. The van der Waals surface area contributed by atoms with Crippen molar-refractivity contribution in [3.05, 3.63) is 29.8 Å². The maximum Gasteiger partial charge on any atom is 0.122 e. The summed E-state index contributed by atoms with van der Waals surface area (Å²) in [5.41, 5.74) is 1.18. The van der Waals surface area contributed by atoms with Crippen molar-refractivity contribution in [3.63, 3.8) is 0 Å². The number of rotatable bonds is 7. The van der Waals surface area contributed by atoms with Gasteiger partial charge < -0.3 is 9.84 Å². The summed E-state index contributed by atoms with van der Waals surface area (Å²) in [5.74, 6) is 2.96. The zero-order valence-electron chi connectivity index (χ0n) is 9.11. The lowest BCUT2D eigenvalue weighted by Gasteiger charge is -2.08. The minimum atomic E-state index is 0.283. The number of hydrogen-bond donors (Lipinski definition) is 1. The molecule has 0 aromatic heterocycles. The zero-order valence-corrected chi connectivity index (χ0v) is 9.93. The molecule has 0 bridgehead atoms. The van der Waals surface area contributed by atoms with Crippen molar-refractivity contribution in [2.45, 2.75) is 13.3 Å². The predicted octanol–water partition coefficient (Wildman–Crippen LogP) is 2.49. The van der Waals surface area contributed by atoms with Gasteiger partial charge >= 0.3 is 0 Å². The van der Waals surface area contributed by atoms with E-state index in [4.69, 9.17) is 9.84 Å². The second-order valence-electron chi connectivity index (χ2n) is 3.30. The molecule has 0 saturated heterocycles. The summed E-state index contributed by atoms with van der Waals surface area (Å²) in [4.78, 5) is 0. The summed E-state index contributed by atoms with van der Waals surface area (Å²) in [7, 11) is 0. The van der Waals surface area contributed by atoms with E-state index < -0.39 is 0 Å². The summed E-state index contributed by atoms with van der Waals surface area (Å²) < 4.78 is 5.63. The van der Waals surface area contributed by atoms with E-state index >= 15 is 0 Å². The van der Waals surface area contributed by atoms with Crippen LogP contribution in [0.5, 0.6) is 5.75 Å². The minimum Gasteiger partial charge on any atom is -0.492 e. The van der Waals surface area contributed by atoms with E-state index in [1.54, 1.807) is 0 Å². The zero-order chi connectivity index (χ0) is 10.9. The van der Waals surface area contributed by atoms with Crippen LogP contribution in [0, 0.1) is 6.92 Å². The summed E-state index contributed by atoms with van der Waals surface area (Å²) in [5, 5.41) is 8.59. The molecule has 15 heavy (non-hydrogen) atoms. The fourth-order valence-electron chi connectivity index (χ4n) is 1.20. The average Bonchev–Trinajstić information content (AvgIpc) is 2.25. The third-order valence-corrected chi connectivity index (χ3v) is 3.06. The third-order valence-electron chi connectivity index (χ3n) is 2.03. The van der Waals surface area contributed by atoms with Crippen LogP contribution in [0.2, 0.25) is 0 Å². The van der Waals surface area contributed by atoms with Gasteiger partial charge in [-0.3, -0.25) is 0 Å². The Morgan fingerprint density at radius 3 is 2.80 bits per heavy atom. The molecule has 0 spiro atoms. The van der Waals surface area contributed by atoms with Crippen LogP contribution in [0.25, 0.3) is 0 Å². The SMILES string of the molecule is Cc1ccccc1OCCSCCCO. The Morgan fingerprint density at radius 1 is 1.27 bits per heavy atom. The molecule has 84 valence electrons. The molecule has 0 amide bonds. The molecule has 1 aromatic carbocycles. The fraction of sp³-hybridized carbons (Fsp3) is 0.500. The van der Waals surface area contributed by atoms with Gasteiger partial charge in [0.1, 0.15) is 5.75 Å². The van der Waals surface area contributed by atoms with Crippen LogP contribution in [0.15, 0.2) is 24.3 Å². The molecule has 0 saturated carbocycles. The van der Waals surface area contributed by atoms with Gasteiger partial charge in [0, 0.05) is 12.4 Å². The Balaban J connectivity index is 2.12. The molecule has 0 aliphatic rings. The van der Waals surface area contributed by atoms with Crippen molar-refractivity contribution in [3.8, 4) is 5.75 Å². The molecule has 2 nitrogen and oxygen atoms in total. The second-order valence-corrected chi connectivity index (χ2v) is 4.53. The highest BCUT2D eigenvalue weighted by Gasteiger charge is 1.96. The molecule has 0 aliphatic heterocycles. The smallest absolute Gasteiger partial charge is 0.122 e. The van der Waals surface area contributed by atoms with Gasteiger partial charge in [0.15, 0.2) is 0 Å². The summed E-state index contributed by atoms with van der Waals surface area (Å²) in [6.45, 7) is 3.07. The Labute approximate surface area is 95.7 Å². The number of aliphatic hydroxyl groups is 1. The minimum absolute atomic E-state index is 0.283. The van der Waals surface area contributed by atoms with Gasteiger partial charge in [0.05, 0.1) is 6.61 Å². The summed E-state index contributed by atoms with van der Waals surface area (Å²) in [6, 6.07) is 8.04. The van der Waals surface area contributed by atoms with E-state index in [9.17, 15) is 0 Å². The largest absolute Gasteiger partial charge is 0.492 e. The maximum absolute atomic E-state index is 8.59. The normalized spacial score (nSPS) is 10.3. The molecule has 1 aromatic rings. The quantitative estimate of drug-likeness (QED) is 0.724. The Kier molecular flexibility index (Phi) is 6.28. The van der Waals surface area contributed by atoms with Crippen molar-refractivity contribution in [1.29, 1.82) is 0 Å². The summed E-state index contributed by atoms with van der Waals surface area (Å²) >= 11 is 1.82. The van der Waals surface area contributed by atoms with E-state index in [1.165, 1.54) is 5.56 Å². The van der Waals surface area contributed by atoms with E-state index in [2.05, 4.69) is 0 Å². The Bertz CT molecular complexity index is 276. The monoisotopic (exact) mass is 226 g/mol. The molecule has 0 fully saturated rings. The van der Waals surface area contributed by atoms with Crippen LogP contribution in [0.4, 0.5) is 0 Å². The molecule has 0 aliphatic carbocycles. The first-order chi connectivity index (χ1) is 7.34. The van der Waals surface area contributed by atoms with E-state index in [-0.39, 0.29) is 6.61 Å². The average molecular weight is 226 g/mol. The van der Waals surface area contributed by atoms with Gasteiger partial charge in [-0.1, -0.05) is 18.2 Å².